The Morgan fingerprint density at radius 1 is 1.21 bits per heavy atom. The maximum absolute atomic E-state index is 6.45. The van der Waals surface area contributed by atoms with Crippen molar-refractivity contribution < 1.29 is 4.52 Å². The van der Waals surface area contributed by atoms with Crippen LogP contribution in [0.1, 0.15) is 34.2 Å². The Bertz CT molecular complexity index is 915. The summed E-state index contributed by atoms with van der Waals surface area (Å²) in [5.74, 6) is 0.985. The molecule has 0 radical (unpaired) electrons. The van der Waals surface area contributed by atoms with Gasteiger partial charge in [0.15, 0.2) is 5.76 Å². The number of nitrogens with zero attached hydrogens (tertiary/aromatic N) is 2. The first-order valence-corrected chi connectivity index (χ1v) is 9.27. The number of aliphatic imine (C=N–C) groups is 1. The predicted molar refractivity (Wildman–Crippen MR) is 99.3 cm³/mol. The van der Waals surface area contributed by atoms with Crippen LogP contribution >= 0.6 is 34.5 Å². The molecule has 24 heavy (non-hydrogen) atoms. The Balaban J connectivity index is 1.82. The van der Waals surface area contributed by atoms with E-state index in [1.54, 1.807) is 17.4 Å². The van der Waals surface area contributed by atoms with Gasteiger partial charge < -0.3 is 4.52 Å². The highest BCUT2D eigenvalue weighted by Crippen LogP contribution is 2.39. The molecular formula is C18H14Cl2N2OS. The number of hydrogen-bond donors (Lipinski definition) is 0. The van der Waals surface area contributed by atoms with E-state index in [1.165, 1.54) is 4.88 Å². The number of hydrogen-bond acceptors (Lipinski definition) is 4. The molecule has 0 N–H and O–H groups in total. The molecule has 0 saturated heterocycles. The zero-order chi connectivity index (χ0) is 16.7. The Kier molecular flexibility index (Phi) is 4.21. The van der Waals surface area contributed by atoms with E-state index in [4.69, 9.17) is 32.7 Å². The maximum atomic E-state index is 6.45. The van der Waals surface area contributed by atoms with Gasteiger partial charge in [-0.3, -0.25) is 0 Å². The van der Waals surface area contributed by atoms with Gasteiger partial charge in [0.05, 0.1) is 5.71 Å². The molecule has 6 heteroatoms. The molecule has 0 aliphatic carbocycles. The molecular weight excluding hydrogens is 363 g/mol. The van der Waals surface area contributed by atoms with Crippen molar-refractivity contribution >= 4 is 45.9 Å². The number of fused-ring (bicyclic) bond motifs is 1. The number of thiophene rings is 1. The van der Waals surface area contributed by atoms with Gasteiger partial charge in [-0.05, 0) is 48.4 Å². The predicted octanol–water partition coefficient (Wildman–Crippen LogP) is 6.20. The highest BCUT2D eigenvalue weighted by atomic mass is 35.5. The topological polar surface area (TPSA) is 38.4 Å². The number of aryl methyl sites for hydroxylation is 1. The van der Waals surface area contributed by atoms with Gasteiger partial charge in [0.2, 0.25) is 0 Å². The smallest absolute Gasteiger partial charge is 0.163 e. The van der Waals surface area contributed by atoms with Gasteiger partial charge in [-0.2, -0.15) is 0 Å². The van der Waals surface area contributed by atoms with Gasteiger partial charge in [0.25, 0.3) is 0 Å². The van der Waals surface area contributed by atoms with Crippen LogP contribution in [0.3, 0.4) is 0 Å². The maximum Gasteiger partial charge on any atom is 0.163 e. The summed E-state index contributed by atoms with van der Waals surface area (Å²) in [7, 11) is 0. The van der Waals surface area contributed by atoms with Crippen molar-refractivity contribution in [1.82, 2.24) is 5.16 Å². The van der Waals surface area contributed by atoms with Gasteiger partial charge >= 0.3 is 0 Å². The molecule has 122 valence electrons. The third-order valence-electron chi connectivity index (χ3n) is 4.23. The first kappa shape index (κ1) is 15.9. The Morgan fingerprint density at radius 2 is 2.08 bits per heavy atom. The Labute approximate surface area is 153 Å². The van der Waals surface area contributed by atoms with Crippen molar-refractivity contribution in [3.05, 3.63) is 67.7 Å². The Hall–Kier alpha value is -1.62. The standard InChI is InChI=1S/C18H14Cl2N2OS/c1-10-18-16(23-22-10)8-11(13-5-4-12(19)9-14(13)20)7-15(21-18)17-3-2-6-24-17/h2-6,9,11H,7-8H2,1H3. The lowest BCUT2D eigenvalue weighted by Gasteiger charge is -2.16. The summed E-state index contributed by atoms with van der Waals surface area (Å²) in [6, 6.07) is 9.80. The minimum absolute atomic E-state index is 0.171. The van der Waals surface area contributed by atoms with Crippen molar-refractivity contribution in [3.8, 4) is 0 Å². The average molecular weight is 377 g/mol. The lowest BCUT2D eigenvalue weighted by atomic mass is 9.89. The first-order valence-electron chi connectivity index (χ1n) is 7.63. The fraction of sp³-hybridized carbons (Fsp3) is 0.222. The normalized spacial score (nSPS) is 17.3. The van der Waals surface area contributed by atoms with Gasteiger partial charge in [-0.25, -0.2) is 4.99 Å². The summed E-state index contributed by atoms with van der Waals surface area (Å²) in [6.45, 7) is 1.92. The summed E-state index contributed by atoms with van der Waals surface area (Å²) >= 11 is 14.2. The molecule has 1 aromatic carbocycles. The highest BCUT2D eigenvalue weighted by molar-refractivity contribution is 7.12. The zero-order valence-electron chi connectivity index (χ0n) is 12.9. The van der Waals surface area contributed by atoms with Gasteiger partial charge in [0.1, 0.15) is 11.4 Å². The van der Waals surface area contributed by atoms with Crippen molar-refractivity contribution in [3.63, 3.8) is 0 Å². The van der Waals surface area contributed by atoms with Crippen LogP contribution in [0, 0.1) is 6.92 Å². The zero-order valence-corrected chi connectivity index (χ0v) is 15.3. The second kappa shape index (κ2) is 6.36. The van der Waals surface area contributed by atoms with Gasteiger partial charge in [-0.15, -0.1) is 11.3 Å². The van der Waals surface area contributed by atoms with E-state index in [2.05, 4.69) is 16.6 Å². The molecule has 1 aliphatic rings. The van der Waals surface area contributed by atoms with Crippen LogP contribution in [-0.4, -0.2) is 10.9 Å². The first-order chi connectivity index (χ1) is 11.6. The molecule has 4 rings (SSSR count). The number of rotatable bonds is 2. The lowest BCUT2D eigenvalue weighted by Crippen LogP contribution is -2.08. The fourth-order valence-electron chi connectivity index (χ4n) is 3.05. The second-order valence-electron chi connectivity index (χ2n) is 5.85. The number of halogens is 2. The van der Waals surface area contributed by atoms with Crippen LogP contribution in [0.5, 0.6) is 0 Å². The Morgan fingerprint density at radius 3 is 2.83 bits per heavy atom. The van der Waals surface area contributed by atoms with Crippen molar-refractivity contribution in [1.29, 1.82) is 0 Å². The minimum Gasteiger partial charge on any atom is -0.359 e. The summed E-state index contributed by atoms with van der Waals surface area (Å²) in [5.41, 5.74) is 3.78. The largest absolute Gasteiger partial charge is 0.359 e. The van der Waals surface area contributed by atoms with E-state index in [0.29, 0.717) is 10.0 Å². The van der Waals surface area contributed by atoms with Crippen LogP contribution in [-0.2, 0) is 6.42 Å². The van der Waals surface area contributed by atoms with Crippen LogP contribution in [0.25, 0.3) is 0 Å². The van der Waals surface area contributed by atoms with E-state index in [9.17, 15) is 0 Å². The van der Waals surface area contributed by atoms with Crippen LogP contribution in [0.4, 0.5) is 5.69 Å². The molecule has 0 spiro atoms. The molecule has 2 aromatic heterocycles. The van der Waals surface area contributed by atoms with E-state index >= 15 is 0 Å². The molecule has 1 unspecified atom stereocenters. The molecule has 0 saturated carbocycles. The molecule has 3 heterocycles. The van der Waals surface area contributed by atoms with Crippen LogP contribution in [0.2, 0.25) is 10.0 Å². The molecule has 3 aromatic rings. The quantitative estimate of drug-likeness (QED) is 0.533. The average Bonchev–Trinajstić information content (AvgIpc) is 3.14. The lowest BCUT2D eigenvalue weighted by molar-refractivity contribution is 0.373. The minimum atomic E-state index is 0.171. The molecule has 1 atom stereocenters. The monoisotopic (exact) mass is 376 g/mol. The fourth-order valence-corrected chi connectivity index (χ4v) is 4.34. The molecule has 3 nitrogen and oxygen atoms in total. The van der Waals surface area contributed by atoms with E-state index in [1.807, 2.05) is 25.1 Å². The van der Waals surface area contributed by atoms with Gasteiger partial charge in [0, 0.05) is 21.3 Å². The SMILES string of the molecule is Cc1noc2c1N=C(c1cccs1)CC(c1ccc(Cl)cc1Cl)C2. The van der Waals surface area contributed by atoms with E-state index < -0.39 is 0 Å². The third kappa shape index (κ3) is 2.90. The highest BCUT2D eigenvalue weighted by Gasteiger charge is 2.27. The van der Waals surface area contributed by atoms with Crippen LogP contribution in [0.15, 0.2) is 45.2 Å². The van der Waals surface area contributed by atoms with Crippen molar-refractivity contribution in [2.75, 3.05) is 0 Å². The van der Waals surface area contributed by atoms with E-state index in [0.717, 1.165) is 41.3 Å². The molecule has 0 amide bonds. The van der Waals surface area contributed by atoms with Crippen molar-refractivity contribution in [2.24, 2.45) is 4.99 Å². The van der Waals surface area contributed by atoms with Crippen molar-refractivity contribution in [2.45, 2.75) is 25.7 Å². The summed E-state index contributed by atoms with van der Waals surface area (Å²) in [5, 5.41) is 7.47. The summed E-state index contributed by atoms with van der Waals surface area (Å²) in [6.07, 6.45) is 1.52. The third-order valence-corrected chi connectivity index (χ3v) is 5.71. The number of benzene rings is 1. The number of aromatic nitrogens is 1. The summed E-state index contributed by atoms with van der Waals surface area (Å²) < 4.78 is 5.52. The summed E-state index contributed by atoms with van der Waals surface area (Å²) in [4.78, 5) is 6.03. The van der Waals surface area contributed by atoms with Gasteiger partial charge in [-0.1, -0.05) is 40.5 Å². The second-order valence-corrected chi connectivity index (χ2v) is 7.64. The van der Waals surface area contributed by atoms with Crippen LogP contribution < -0.4 is 0 Å². The molecule has 0 bridgehead atoms. The molecule has 1 aliphatic heterocycles. The van der Waals surface area contributed by atoms with E-state index in [-0.39, 0.29) is 5.92 Å². The molecule has 0 fully saturated rings.